The first-order chi connectivity index (χ1) is 6.06. The Labute approximate surface area is 75.0 Å². The van der Waals surface area contributed by atoms with Crippen molar-refractivity contribution in [2.45, 2.75) is 13.3 Å². The second kappa shape index (κ2) is 3.43. The monoisotopic (exact) mass is 183 g/mol. The summed E-state index contributed by atoms with van der Waals surface area (Å²) in [6.45, 7) is 1.84. The summed E-state index contributed by atoms with van der Waals surface area (Å²) >= 11 is 0. The second-order valence-electron chi connectivity index (χ2n) is 2.70. The molecule has 0 fully saturated rings. The molecular formula is C9H10FNO2. The van der Waals surface area contributed by atoms with Crippen LogP contribution in [-0.2, 0) is 6.42 Å². The molecule has 13 heavy (non-hydrogen) atoms. The summed E-state index contributed by atoms with van der Waals surface area (Å²) in [5, 5.41) is 8.59. The fourth-order valence-corrected chi connectivity index (χ4v) is 1.12. The van der Waals surface area contributed by atoms with Crippen LogP contribution >= 0.6 is 0 Å². The van der Waals surface area contributed by atoms with Crippen molar-refractivity contribution in [2.24, 2.45) is 0 Å². The van der Waals surface area contributed by atoms with Crippen LogP contribution in [0.5, 0.6) is 0 Å². The van der Waals surface area contributed by atoms with Gasteiger partial charge in [0.2, 0.25) is 0 Å². The molecule has 0 aliphatic carbocycles. The average molecular weight is 183 g/mol. The van der Waals surface area contributed by atoms with Gasteiger partial charge in [0.15, 0.2) is 0 Å². The molecule has 0 radical (unpaired) electrons. The molecule has 1 rings (SSSR count). The number of carboxylic acids is 1. The zero-order valence-corrected chi connectivity index (χ0v) is 7.17. The standard InChI is InChI=1S/C9H10FNO2/c1-2-5-3-6(10)8(9(12)13)7(11)4-5/h3-4H,2,11H2,1H3,(H,12,13). The van der Waals surface area contributed by atoms with E-state index < -0.39 is 17.3 Å². The zero-order chi connectivity index (χ0) is 10.0. The molecule has 1 aromatic carbocycles. The van der Waals surface area contributed by atoms with Gasteiger partial charge in [-0.2, -0.15) is 0 Å². The van der Waals surface area contributed by atoms with Crippen molar-refractivity contribution in [2.75, 3.05) is 5.73 Å². The third kappa shape index (κ3) is 1.77. The Balaban J connectivity index is 3.31. The zero-order valence-electron chi connectivity index (χ0n) is 7.17. The van der Waals surface area contributed by atoms with E-state index in [0.29, 0.717) is 12.0 Å². The number of aryl methyl sites for hydroxylation is 1. The number of anilines is 1. The number of nitrogen functional groups attached to an aromatic ring is 1. The molecule has 0 unspecified atom stereocenters. The molecule has 0 heterocycles. The molecule has 4 heteroatoms. The number of halogens is 1. The highest BCUT2D eigenvalue weighted by Gasteiger charge is 2.14. The van der Waals surface area contributed by atoms with Gasteiger partial charge in [-0.3, -0.25) is 0 Å². The van der Waals surface area contributed by atoms with E-state index >= 15 is 0 Å². The van der Waals surface area contributed by atoms with Crippen LogP contribution in [0.1, 0.15) is 22.8 Å². The van der Waals surface area contributed by atoms with Gasteiger partial charge in [-0.1, -0.05) is 6.92 Å². The lowest BCUT2D eigenvalue weighted by Gasteiger charge is -2.04. The number of benzene rings is 1. The predicted molar refractivity (Wildman–Crippen MR) is 47.1 cm³/mol. The van der Waals surface area contributed by atoms with Gasteiger partial charge >= 0.3 is 5.97 Å². The Kier molecular flexibility index (Phi) is 2.51. The SMILES string of the molecule is CCc1cc(N)c(C(=O)O)c(F)c1. The maximum absolute atomic E-state index is 13.1. The average Bonchev–Trinajstić information content (AvgIpc) is 2.02. The van der Waals surface area contributed by atoms with Gasteiger partial charge in [0, 0.05) is 5.69 Å². The molecule has 0 atom stereocenters. The van der Waals surface area contributed by atoms with Crippen LogP contribution in [0.2, 0.25) is 0 Å². The van der Waals surface area contributed by atoms with Crippen molar-refractivity contribution in [3.63, 3.8) is 0 Å². The Bertz CT molecular complexity index is 326. The molecule has 0 spiro atoms. The summed E-state index contributed by atoms with van der Waals surface area (Å²) in [6, 6.07) is 2.67. The van der Waals surface area contributed by atoms with E-state index in [9.17, 15) is 9.18 Å². The van der Waals surface area contributed by atoms with Crippen LogP contribution in [0, 0.1) is 5.82 Å². The minimum absolute atomic E-state index is 0.0237. The van der Waals surface area contributed by atoms with Crippen LogP contribution in [0.25, 0.3) is 0 Å². The third-order valence-electron chi connectivity index (χ3n) is 1.80. The quantitative estimate of drug-likeness (QED) is 0.685. The summed E-state index contributed by atoms with van der Waals surface area (Å²) in [4.78, 5) is 10.5. The highest BCUT2D eigenvalue weighted by atomic mass is 19.1. The number of nitrogens with two attached hydrogens (primary N) is 1. The first-order valence-corrected chi connectivity index (χ1v) is 3.87. The molecule has 0 bridgehead atoms. The van der Waals surface area contributed by atoms with E-state index in [1.807, 2.05) is 6.92 Å². The maximum atomic E-state index is 13.1. The lowest BCUT2D eigenvalue weighted by Crippen LogP contribution is -2.06. The van der Waals surface area contributed by atoms with Crippen LogP contribution in [-0.4, -0.2) is 11.1 Å². The van der Waals surface area contributed by atoms with Crippen molar-refractivity contribution in [1.82, 2.24) is 0 Å². The first kappa shape index (κ1) is 9.51. The van der Waals surface area contributed by atoms with Gasteiger partial charge in [-0.15, -0.1) is 0 Å². The van der Waals surface area contributed by atoms with E-state index in [1.54, 1.807) is 0 Å². The topological polar surface area (TPSA) is 63.3 Å². The van der Waals surface area contributed by atoms with Crippen molar-refractivity contribution in [1.29, 1.82) is 0 Å². The smallest absolute Gasteiger partial charge is 0.340 e. The van der Waals surface area contributed by atoms with E-state index in [4.69, 9.17) is 10.8 Å². The molecular weight excluding hydrogens is 173 g/mol. The molecule has 0 aliphatic heterocycles. The summed E-state index contributed by atoms with van der Waals surface area (Å²) in [6.07, 6.45) is 0.626. The first-order valence-electron chi connectivity index (χ1n) is 3.87. The largest absolute Gasteiger partial charge is 0.478 e. The predicted octanol–water partition coefficient (Wildman–Crippen LogP) is 1.67. The Hall–Kier alpha value is -1.58. The second-order valence-corrected chi connectivity index (χ2v) is 2.70. The molecule has 0 aliphatic rings. The normalized spacial score (nSPS) is 10.0. The van der Waals surface area contributed by atoms with Crippen molar-refractivity contribution in [3.8, 4) is 0 Å². The van der Waals surface area contributed by atoms with Crippen LogP contribution < -0.4 is 5.73 Å². The van der Waals surface area contributed by atoms with E-state index in [2.05, 4.69) is 0 Å². The molecule has 3 N–H and O–H groups in total. The Morgan fingerprint density at radius 2 is 2.23 bits per heavy atom. The van der Waals surface area contributed by atoms with E-state index in [-0.39, 0.29) is 5.69 Å². The minimum Gasteiger partial charge on any atom is -0.478 e. The number of hydrogen-bond acceptors (Lipinski definition) is 2. The van der Waals surface area contributed by atoms with Crippen LogP contribution in [0.15, 0.2) is 12.1 Å². The Morgan fingerprint density at radius 1 is 1.62 bits per heavy atom. The fourth-order valence-electron chi connectivity index (χ4n) is 1.12. The van der Waals surface area contributed by atoms with Crippen molar-refractivity contribution >= 4 is 11.7 Å². The highest BCUT2D eigenvalue weighted by molar-refractivity contribution is 5.94. The van der Waals surface area contributed by atoms with E-state index in [0.717, 1.165) is 0 Å². The highest BCUT2D eigenvalue weighted by Crippen LogP contribution is 2.18. The molecule has 3 nitrogen and oxygen atoms in total. The fraction of sp³-hybridized carbons (Fsp3) is 0.222. The summed E-state index contributed by atoms with van der Waals surface area (Å²) in [5.41, 5.74) is 5.60. The summed E-state index contributed by atoms with van der Waals surface area (Å²) < 4.78 is 13.1. The number of rotatable bonds is 2. The van der Waals surface area contributed by atoms with Gasteiger partial charge in [0.1, 0.15) is 11.4 Å². The van der Waals surface area contributed by atoms with E-state index in [1.165, 1.54) is 12.1 Å². The maximum Gasteiger partial charge on any atom is 0.340 e. The molecule has 1 aromatic rings. The van der Waals surface area contributed by atoms with Gasteiger partial charge in [0.05, 0.1) is 0 Å². The lowest BCUT2D eigenvalue weighted by molar-refractivity contribution is 0.0693. The van der Waals surface area contributed by atoms with Gasteiger partial charge < -0.3 is 10.8 Å². The lowest BCUT2D eigenvalue weighted by atomic mass is 10.1. The molecule has 0 saturated heterocycles. The number of carbonyl (C=O) groups is 1. The Morgan fingerprint density at radius 3 is 2.62 bits per heavy atom. The van der Waals surface area contributed by atoms with Crippen molar-refractivity contribution in [3.05, 3.63) is 29.1 Å². The third-order valence-corrected chi connectivity index (χ3v) is 1.80. The van der Waals surface area contributed by atoms with Crippen LogP contribution in [0.4, 0.5) is 10.1 Å². The summed E-state index contributed by atoms with van der Waals surface area (Å²) in [5.74, 6) is -2.11. The van der Waals surface area contributed by atoms with Gasteiger partial charge in [-0.25, -0.2) is 9.18 Å². The summed E-state index contributed by atoms with van der Waals surface area (Å²) in [7, 11) is 0. The molecule has 70 valence electrons. The number of carboxylic acid groups (broad SMARTS) is 1. The number of aromatic carboxylic acids is 1. The molecule has 0 aromatic heterocycles. The van der Waals surface area contributed by atoms with Crippen LogP contribution in [0.3, 0.4) is 0 Å². The molecule has 0 saturated carbocycles. The van der Waals surface area contributed by atoms with Gasteiger partial charge in [-0.05, 0) is 24.1 Å². The molecule has 0 amide bonds. The van der Waals surface area contributed by atoms with Crippen molar-refractivity contribution < 1.29 is 14.3 Å². The van der Waals surface area contributed by atoms with Gasteiger partial charge in [0.25, 0.3) is 0 Å². The minimum atomic E-state index is -1.34. The number of hydrogen-bond donors (Lipinski definition) is 2.